The highest BCUT2D eigenvalue weighted by Crippen LogP contribution is 2.25. The Morgan fingerprint density at radius 3 is 3.21 bits per heavy atom. The Kier molecular flexibility index (Phi) is 4.17. The molecule has 1 unspecified atom stereocenters. The minimum atomic E-state index is 0.387. The summed E-state index contributed by atoms with van der Waals surface area (Å²) in [6.45, 7) is 2.64. The molecule has 100 valence electrons. The summed E-state index contributed by atoms with van der Waals surface area (Å²) < 4.78 is 5.58. The number of hydrogen-bond donors (Lipinski definition) is 1. The molecule has 5 heteroatoms. The highest BCUT2D eigenvalue weighted by molar-refractivity contribution is 7.15. The molecule has 3 rings (SSSR count). The van der Waals surface area contributed by atoms with Crippen molar-refractivity contribution in [1.82, 2.24) is 15.3 Å². The molecule has 0 aliphatic carbocycles. The first-order valence-corrected chi connectivity index (χ1v) is 7.41. The smallest absolute Gasteiger partial charge is 0.107 e. The first kappa shape index (κ1) is 12.7. The van der Waals surface area contributed by atoms with Gasteiger partial charge in [-0.1, -0.05) is 6.07 Å². The van der Waals surface area contributed by atoms with Crippen LogP contribution in [0.3, 0.4) is 0 Å². The van der Waals surface area contributed by atoms with Crippen LogP contribution in [0.4, 0.5) is 0 Å². The molecule has 0 amide bonds. The predicted molar refractivity (Wildman–Crippen MR) is 76.0 cm³/mol. The van der Waals surface area contributed by atoms with Crippen molar-refractivity contribution in [3.05, 3.63) is 35.7 Å². The van der Waals surface area contributed by atoms with Crippen LogP contribution in [0.2, 0.25) is 0 Å². The molecule has 3 heterocycles. The summed E-state index contributed by atoms with van der Waals surface area (Å²) in [5.74, 6) is 0. The molecule has 0 spiro atoms. The molecule has 0 saturated carbocycles. The molecule has 1 aliphatic rings. The van der Waals surface area contributed by atoms with Gasteiger partial charge in [0.05, 0.1) is 11.0 Å². The maximum atomic E-state index is 5.58. The minimum Gasteiger partial charge on any atom is -0.377 e. The van der Waals surface area contributed by atoms with Gasteiger partial charge >= 0.3 is 0 Å². The quantitative estimate of drug-likeness (QED) is 0.910. The van der Waals surface area contributed by atoms with Crippen molar-refractivity contribution in [2.24, 2.45) is 0 Å². The van der Waals surface area contributed by atoms with E-state index in [-0.39, 0.29) is 0 Å². The Morgan fingerprint density at radius 2 is 2.42 bits per heavy atom. The van der Waals surface area contributed by atoms with Crippen molar-refractivity contribution in [3.63, 3.8) is 0 Å². The van der Waals surface area contributed by atoms with Crippen LogP contribution < -0.4 is 5.32 Å². The zero-order valence-electron chi connectivity index (χ0n) is 10.7. The number of hydrogen-bond acceptors (Lipinski definition) is 5. The van der Waals surface area contributed by atoms with E-state index in [4.69, 9.17) is 4.74 Å². The molecule has 2 aromatic rings. The number of nitrogens with one attached hydrogen (secondary N) is 1. The van der Waals surface area contributed by atoms with E-state index in [1.54, 1.807) is 17.5 Å². The first-order chi connectivity index (χ1) is 9.42. The number of thiazole rings is 1. The zero-order valence-corrected chi connectivity index (χ0v) is 11.5. The summed E-state index contributed by atoms with van der Waals surface area (Å²) in [5.41, 5.74) is 1.13. The van der Waals surface area contributed by atoms with E-state index in [0.717, 1.165) is 30.3 Å². The SMILES string of the molecule is c1cncc(-c2cnc(CNCC3CCCO3)s2)c1. The molecule has 2 aromatic heterocycles. The Balaban J connectivity index is 1.53. The third-order valence-corrected chi connectivity index (χ3v) is 4.22. The van der Waals surface area contributed by atoms with Crippen LogP contribution in [-0.2, 0) is 11.3 Å². The third-order valence-electron chi connectivity index (χ3n) is 3.17. The summed E-state index contributed by atoms with van der Waals surface area (Å²) in [5, 5.41) is 4.52. The first-order valence-electron chi connectivity index (χ1n) is 6.59. The average molecular weight is 275 g/mol. The predicted octanol–water partition coefficient (Wildman–Crippen LogP) is 2.47. The Morgan fingerprint density at radius 1 is 1.42 bits per heavy atom. The Bertz CT molecular complexity index is 508. The van der Waals surface area contributed by atoms with E-state index in [1.165, 1.54) is 17.7 Å². The lowest BCUT2D eigenvalue weighted by Crippen LogP contribution is -2.25. The Labute approximate surface area is 116 Å². The van der Waals surface area contributed by atoms with Crippen LogP contribution in [0.1, 0.15) is 17.8 Å². The van der Waals surface area contributed by atoms with Crippen LogP contribution in [0.25, 0.3) is 10.4 Å². The fourth-order valence-corrected chi connectivity index (χ4v) is 3.06. The van der Waals surface area contributed by atoms with Gasteiger partial charge in [0.1, 0.15) is 5.01 Å². The van der Waals surface area contributed by atoms with Gasteiger partial charge in [0.25, 0.3) is 0 Å². The van der Waals surface area contributed by atoms with E-state index in [2.05, 4.69) is 21.4 Å². The molecule has 1 aliphatic heterocycles. The molecule has 4 nitrogen and oxygen atoms in total. The van der Waals surface area contributed by atoms with Crippen molar-refractivity contribution in [2.75, 3.05) is 13.2 Å². The summed E-state index contributed by atoms with van der Waals surface area (Å²) in [6.07, 6.45) is 8.33. The van der Waals surface area contributed by atoms with Gasteiger partial charge in [-0.15, -0.1) is 11.3 Å². The van der Waals surface area contributed by atoms with Crippen LogP contribution in [0, 0.1) is 0 Å². The maximum absolute atomic E-state index is 5.58. The van der Waals surface area contributed by atoms with Gasteiger partial charge in [-0.3, -0.25) is 4.98 Å². The standard InChI is InChI=1S/C14H17N3OS/c1-3-11(7-15-5-1)13-9-17-14(19-13)10-16-8-12-4-2-6-18-12/h1,3,5,7,9,12,16H,2,4,6,8,10H2. The largest absolute Gasteiger partial charge is 0.377 e. The fourth-order valence-electron chi connectivity index (χ4n) is 2.18. The van der Waals surface area contributed by atoms with E-state index in [0.29, 0.717) is 6.10 Å². The summed E-state index contributed by atoms with van der Waals surface area (Å²) >= 11 is 1.71. The summed E-state index contributed by atoms with van der Waals surface area (Å²) in [7, 11) is 0. The molecule has 1 fully saturated rings. The van der Waals surface area contributed by atoms with E-state index < -0.39 is 0 Å². The molecule has 1 atom stereocenters. The lowest BCUT2D eigenvalue weighted by molar-refractivity contribution is 0.110. The molecule has 1 N–H and O–H groups in total. The van der Waals surface area contributed by atoms with Crippen molar-refractivity contribution < 1.29 is 4.74 Å². The average Bonchev–Trinajstić information content (AvgIpc) is 3.11. The molecular formula is C14H17N3OS. The van der Waals surface area contributed by atoms with Crippen LogP contribution in [0.15, 0.2) is 30.7 Å². The molecule has 0 radical (unpaired) electrons. The van der Waals surface area contributed by atoms with Gasteiger partial charge < -0.3 is 10.1 Å². The molecule has 19 heavy (non-hydrogen) atoms. The fraction of sp³-hybridized carbons (Fsp3) is 0.429. The monoisotopic (exact) mass is 275 g/mol. The molecule has 1 saturated heterocycles. The Hall–Kier alpha value is -1.30. The minimum absolute atomic E-state index is 0.387. The second-order valence-electron chi connectivity index (χ2n) is 4.63. The number of ether oxygens (including phenoxy) is 1. The molecule has 0 bridgehead atoms. The van der Waals surface area contributed by atoms with Crippen molar-refractivity contribution >= 4 is 11.3 Å². The van der Waals surface area contributed by atoms with E-state index in [1.807, 2.05) is 18.5 Å². The summed E-state index contributed by atoms with van der Waals surface area (Å²) in [4.78, 5) is 9.74. The van der Waals surface area contributed by atoms with Gasteiger partial charge in [0.15, 0.2) is 0 Å². The number of pyridine rings is 1. The highest BCUT2D eigenvalue weighted by Gasteiger charge is 2.14. The van der Waals surface area contributed by atoms with Gasteiger partial charge in [-0.2, -0.15) is 0 Å². The van der Waals surface area contributed by atoms with Crippen LogP contribution in [-0.4, -0.2) is 29.2 Å². The zero-order chi connectivity index (χ0) is 12.9. The second-order valence-corrected chi connectivity index (χ2v) is 5.74. The van der Waals surface area contributed by atoms with Gasteiger partial charge in [0.2, 0.25) is 0 Å². The molecule has 0 aromatic carbocycles. The molecular weight excluding hydrogens is 258 g/mol. The van der Waals surface area contributed by atoms with Crippen LogP contribution in [0.5, 0.6) is 0 Å². The normalized spacial score (nSPS) is 18.8. The lowest BCUT2D eigenvalue weighted by atomic mass is 10.2. The highest BCUT2D eigenvalue weighted by atomic mass is 32.1. The van der Waals surface area contributed by atoms with Crippen molar-refractivity contribution in [2.45, 2.75) is 25.5 Å². The number of nitrogens with zero attached hydrogens (tertiary/aromatic N) is 2. The van der Waals surface area contributed by atoms with Gasteiger partial charge in [-0.05, 0) is 18.9 Å². The van der Waals surface area contributed by atoms with Gasteiger partial charge in [0, 0.05) is 43.9 Å². The second kappa shape index (κ2) is 6.23. The van der Waals surface area contributed by atoms with Crippen LogP contribution >= 0.6 is 11.3 Å². The van der Waals surface area contributed by atoms with E-state index in [9.17, 15) is 0 Å². The topological polar surface area (TPSA) is 47.0 Å². The maximum Gasteiger partial charge on any atom is 0.107 e. The lowest BCUT2D eigenvalue weighted by Gasteiger charge is -2.09. The van der Waals surface area contributed by atoms with Crippen molar-refractivity contribution in [3.8, 4) is 10.4 Å². The van der Waals surface area contributed by atoms with Gasteiger partial charge in [-0.25, -0.2) is 4.98 Å². The number of rotatable bonds is 5. The van der Waals surface area contributed by atoms with Crippen molar-refractivity contribution in [1.29, 1.82) is 0 Å². The van der Waals surface area contributed by atoms with E-state index >= 15 is 0 Å². The number of aromatic nitrogens is 2. The third kappa shape index (κ3) is 3.37. The summed E-state index contributed by atoms with van der Waals surface area (Å²) in [6, 6.07) is 4.01.